The van der Waals surface area contributed by atoms with Crippen LogP contribution in [0.3, 0.4) is 0 Å². The number of hydrogen-bond donors (Lipinski definition) is 0. The lowest BCUT2D eigenvalue weighted by molar-refractivity contribution is -0.130. The summed E-state index contributed by atoms with van der Waals surface area (Å²) < 4.78 is 20.4. The summed E-state index contributed by atoms with van der Waals surface area (Å²) in [6.07, 6.45) is 9.33. The number of likely N-dealkylation sites (N-methyl/N-ethyl adjacent to an activating group) is 1. The van der Waals surface area contributed by atoms with Crippen LogP contribution in [0.25, 0.3) is 5.57 Å². The third kappa shape index (κ3) is 6.04. The molecule has 10 heteroatoms. The Morgan fingerprint density at radius 2 is 2.02 bits per heavy atom. The fourth-order valence-electron chi connectivity index (χ4n) is 7.51. The second-order valence-electron chi connectivity index (χ2n) is 12.5. The third-order valence-corrected chi connectivity index (χ3v) is 10.1. The van der Waals surface area contributed by atoms with Crippen LogP contribution in [-0.4, -0.2) is 90.6 Å². The molecule has 2 aliphatic carbocycles. The molecule has 0 N–H and O–H groups in total. The lowest BCUT2D eigenvalue weighted by atomic mass is 9.80. The van der Waals surface area contributed by atoms with Gasteiger partial charge in [0.2, 0.25) is 11.8 Å². The minimum Gasteiger partial charge on any atom is -0.475 e. The van der Waals surface area contributed by atoms with E-state index in [1.54, 1.807) is 4.90 Å². The third-order valence-electron chi connectivity index (χ3n) is 9.80. The first-order valence-corrected chi connectivity index (χ1v) is 16.2. The lowest BCUT2D eigenvalue weighted by Gasteiger charge is -2.45. The van der Waals surface area contributed by atoms with Crippen LogP contribution < -0.4 is 0 Å². The van der Waals surface area contributed by atoms with E-state index < -0.39 is 6.17 Å². The van der Waals surface area contributed by atoms with Gasteiger partial charge in [-0.1, -0.05) is 42.5 Å². The SMILES string of the molecule is C=CC(=O)N1CCN(C2=C(C#N)C(OC[C@@H]3C[C@@H](F)CN3C)=NC3C=C(c4cccc5c4CCCC5)C(Cl)=CC23)C[C@@H]1CC#N. The van der Waals surface area contributed by atoms with Crippen molar-refractivity contribution in [1.29, 1.82) is 10.5 Å². The van der Waals surface area contributed by atoms with Crippen molar-refractivity contribution in [1.82, 2.24) is 14.7 Å². The number of halogens is 2. The van der Waals surface area contributed by atoms with Gasteiger partial charge < -0.3 is 14.5 Å². The van der Waals surface area contributed by atoms with Gasteiger partial charge in [0.05, 0.1) is 24.6 Å². The van der Waals surface area contributed by atoms with E-state index >= 15 is 0 Å². The molecule has 2 unspecified atom stereocenters. The summed E-state index contributed by atoms with van der Waals surface area (Å²) in [4.78, 5) is 23.3. The fourth-order valence-corrected chi connectivity index (χ4v) is 7.81. The Morgan fingerprint density at radius 1 is 1.20 bits per heavy atom. The van der Waals surface area contributed by atoms with Gasteiger partial charge in [-0.25, -0.2) is 9.38 Å². The van der Waals surface area contributed by atoms with Gasteiger partial charge in [-0.2, -0.15) is 10.5 Å². The van der Waals surface area contributed by atoms with Crippen molar-refractivity contribution in [2.24, 2.45) is 10.9 Å². The molecule has 8 nitrogen and oxygen atoms in total. The molecule has 45 heavy (non-hydrogen) atoms. The molecule has 0 saturated carbocycles. The Bertz CT molecular complexity index is 1580. The number of dihydropyridines is 1. The summed E-state index contributed by atoms with van der Waals surface area (Å²) in [5, 5.41) is 20.7. The summed E-state index contributed by atoms with van der Waals surface area (Å²) >= 11 is 7.09. The molecule has 0 aromatic heterocycles. The van der Waals surface area contributed by atoms with Crippen molar-refractivity contribution in [3.8, 4) is 12.1 Å². The van der Waals surface area contributed by atoms with Crippen LogP contribution >= 0.6 is 11.6 Å². The maximum atomic E-state index is 14.2. The molecule has 5 aliphatic rings. The zero-order chi connectivity index (χ0) is 31.7. The van der Waals surface area contributed by atoms with E-state index in [2.05, 4.69) is 47.9 Å². The van der Waals surface area contributed by atoms with Gasteiger partial charge in [0, 0.05) is 48.9 Å². The average Bonchev–Trinajstić information content (AvgIpc) is 3.38. The molecule has 2 fully saturated rings. The number of nitrogens with zero attached hydrogens (tertiary/aromatic N) is 6. The van der Waals surface area contributed by atoms with E-state index in [0.29, 0.717) is 43.2 Å². The number of hydrogen-bond acceptors (Lipinski definition) is 7. The number of likely N-dealkylation sites (tertiary alicyclic amines) is 1. The van der Waals surface area contributed by atoms with Crippen molar-refractivity contribution < 1.29 is 13.9 Å². The van der Waals surface area contributed by atoms with Gasteiger partial charge in [0.1, 0.15) is 24.4 Å². The molecule has 0 radical (unpaired) electrons. The molecule has 0 bridgehead atoms. The Morgan fingerprint density at radius 3 is 2.76 bits per heavy atom. The minimum atomic E-state index is -0.914. The summed E-state index contributed by atoms with van der Waals surface area (Å²) in [6, 6.07) is 10.1. The molecule has 1 amide bonds. The Kier molecular flexibility index (Phi) is 9.12. The standard InChI is InChI=1S/C35H38ClFN6O2/c1-3-33(44)43-14-13-42(20-24(43)11-12-38)34-29-16-31(36)28(27-10-6-8-22-7-4-5-9-26(22)27)17-32(29)40-35(30(34)18-39)45-21-25-15-23(37)19-41(25)2/h3,6,8,10,16-17,23-25,29,32H,1,4-5,7,9,11,13-15,19-21H2,2H3/t23-,24+,25+,29?,32?/m1/s1. The predicted molar refractivity (Wildman–Crippen MR) is 172 cm³/mol. The Labute approximate surface area is 269 Å². The van der Waals surface area contributed by atoms with Crippen molar-refractivity contribution in [3.63, 3.8) is 0 Å². The number of carbonyl (C=O) groups is 1. The molecule has 6 rings (SSSR count). The van der Waals surface area contributed by atoms with E-state index in [9.17, 15) is 19.7 Å². The number of alkyl halides is 1. The van der Waals surface area contributed by atoms with Crippen LogP contribution in [0.2, 0.25) is 0 Å². The van der Waals surface area contributed by atoms with Crippen LogP contribution in [0.4, 0.5) is 4.39 Å². The number of ether oxygens (including phenoxy) is 1. The van der Waals surface area contributed by atoms with E-state index in [4.69, 9.17) is 21.3 Å². The van der Waals surface area contributed by atoms with Gasteiger partial charge in [-0.3, -0.25) is 9.69 Å². The molecular weight excluding hydrogens is 591 g/mol. The molecule has 5 atom stereocenters. The Balaban J connectivity index is 1.39. The van der Waals surface area contributed by atoms with Crippen molar-refractivity contribution in [2.45, 2.75) is 62.8 Å². The second kappa shape index (κ2) is 13.2. The number of aliphatic imine (C=N–C) groups is 1. The average molecular weight is 629 g/mol. The van der Waals surface area contributed by atoms with Crippen LogP contribution in [0, 0.1) is 28.6 Å². The summed E-state index contributed by atoms with van der Waals surface area (Å²) in [5.74, 6) is -0.317. The Hall–Kier alpha value is -3.92. The zero-order valence-electron chi connectivity index (χ0n) is 25.6. The van der Waals surface area contributed by atoms with Crippen molar-refractivity contribution in [3.05, 3.63) is 76.0 Å². The molecular formula is C35H38ClFN6O2. The monoisotopic (exact) mass is 628 g/mol. The van der Waals surface area contributed by atoms with Crippen molar-refractivity contribution >= 4 is 29.0 Å². The first kappa shape index (κ1) is 31.1. The summed E-state index contributed by atoms with van der Waals surface area (Å²) in [7, 11) is 1.88. The summed E-state index contributed by atoms with van der Waals surface area (Å²) in [5.41, 5.74) is 5.78. The molecule has 0 spiro atoms. The van der Waals surface area contributed by atoms with Crippen LogP contribution in [0.15, 0.2) is 64.3 Å². The highest BCUT2D eigenvalue weighted by Gasteiger charge is 2.41. The number of aryl methyl sites for hydroxylation is 1. The molecule has 1 aromatic carbocycles. The lowest BCUT2D eigenvalue weighted by Crippen LogP contribution is -2.55. The number of fused-ring (bicyclic) bond motifs is 2. The highest BCUT2D eigenvalue weighted by molar-refractivity contribution is 6.37. The fraction of sp³-hybridized carbons (Fsp3) is 0.486. The predicted octanol–water partition coefficient (Wildman–Crippen LogP) is 4.93. The quantitative estimate of drug-likeness (QED) is 0.415. The van der Waals surface area contributed by atoms with Crippen LogP contribution in [-0.2, 0) is 22.4 Å². The number of piperazine rings is 1. The van der Waals surface area contributed by atoms with E-state index in [1.807, 2.05) is 18.0 Å². The van der Waals surface area contributed by atoms with E-state index in [1.165, 1.54) is 23.6 Å². The molecule has 3 aliphatic heterocycles. The number of nitriles is 2. The van der Waals surface area contributed by atoms with Gasteiger partial charge in [0.15, 0.2) is 0 Å². The van der Waals surface area contributed by atoms with Gasteiger partial charge in [-0.15, -0.1) is 0 Å². The first-order chi connectivity index (χ1) is 21.8. The smallest absolute Gasteiger partial charge is 0.246 e. The normalized spacial score (nSPS) is 28.2. The number of benzene rings is 1. The highest BCUT2D eigenvalue weighted by Crippen LogP contribution is 2.43. The van der Waals surface area contributed by atoms with Crippen LogP contribution in [0.1, 0.15) is 42.4 Å². The van der Waals surface area contributed by atoms with E-state index in [0.717, 1.165) is 36.1 Å². The van der Waals surface area contributed by atoms with Gasteiger partial charge in [0.25, 0.3) is 0 Å². The van der Waals surface area contributed by atoms with E-state index in [-0.39, 0.29) is 48.9 Å². The second-order valence-corrected chi connectivity index (χ2v) is 12.9. The van der Waals surface area contributed by atoms with Crippen LogP contribution in [0.5, 0.6) is 0 Å². The number of rotatable bonds is 6. The molecule has 3 heterocycles. The van der Waals surface area contributed by atoms with Crippen molar-refractivity contribution in [2.75, 3.05) is 39.8 Å². The van der Waals surface area contributed by atoms with Gasteiger partial charge in [-0.05, 0) is 73.6 Å². The minimum absolute atomic E-state index is 0.125. The molecule has 2 saturated heterocycles. The number of amides is 1. The topological polar surface area (TPSA) is 96.0 Å². The van der Waals surface area contributed by atoms with Gasteiger partial charge >= 0.3 is 0 Å². The number of carbonyl (C=O) groups excluding carboxylic acids is 1. The maximum absolute atomic E-state index is 14.2. The number of allylic oxidation sites excluding steroid dienone is 2. The highest BCUT2D eigenvalue weighted by atomic mass is 35.5. The largest absolute Gasteiger partial charge is 0.475 e. The maximum Gasteiger partial charge on any atom is 0.246 e. The zero-order valence-corrected chi connectivity index (χ0v) is 26.3. The molecule has 234 valence electrons. The summed E-state index contributed by atoms with van der Waals surface area (Å²) in [6.45, 7) is 5.40. The molecule has 1 aromatic rings. The first-order valence-electron chi connectivity index (χ1n) is 15.8.